The molecule has 0 spiro atoms. The highest BCUT2D eigenvalue weighted by Gasteiger charge is 2.15. The molecule has 0 bridgehead atoms. The SMILES string of the molecule is C=CN=C(C=C)c1ccnc(Nc2cc(NC(=O)Nc3cc(CCCC)nn3-c3cccc(CC(=O)NCC(O)CO)c3)ccc2C)n1. The highest BCUT2D eigenvalue weighted by molar-refractivity contribution is 6.07. The van der Waals surface area contributed by atoms with Gasteiger partial charge in [0, 0.05) is 36.4 Å². The first-order valence-corrected chi connectivity index (χ1v) is 15.6. The molecule has 13 nitrogen and oxygen atoms in total. The minimum atomic E-state index is -1.02. The van der Waals surface area contributed by atoms with Crippen molar-refractivity contribution in [2.45, 2.75) is 45.6 Å². The first kappa shape index (κ1) is 35.2. The van der Waals surface area contributed by atoms with Crippen LogP contribution < -0.4 is 21.3 Å². The Morgan fingerprint density at radius 3 is 2.69 bits per heavy atom. The maximum Gasteiger partial charge on any atom is 0.324 e. The van der Waals surface area contributed by atoms with Crippen LogP contribution in [-0.4, -0.2) is 66.9 Å². The smallest absolute Gasteiger partial charge is 0.324 e. The molecule has 0 saturated heterocycles. The van der Waals surface area contributed by atoms with Gasteiger partial charge >= 0.3 is 6.03 Å². The van der Waals surface area contributed by atoms with Crippen molar-refractivity contribution in [2.75, 3.05) is 29.1 Å². The van der Waals surface area contributed by atoms with E-state index in [0.717, 1.165) is 30.5 Å². The zero-order valence-electron chi connectivity index (χ0n) is 27.1. The average Bonchev–Trinajstić information content (AvgIpc) is 3.48. The lowest BCUT2D eigenvalue weighted by atomic mass is 10.1. The number of aliphatic imine (C=N–C) groups is 1. The molecular formula is C35H41N9O4. The summed E-state index contributed by atoms with van der Waals surface area (Å²) in [6, 6.07) is 15.8. The molecule has 3 amide bonds. The Morgan fingerprint density at radius 2 is 1.94 bits per heavy atom. The van der Waals surface area contributed by atoms with E-state index < -0.39 is 18.7 Å². The summed E-state index contributed by atoms with van der Waals surface area (Å²) in [5.41, 5.74) is 5.48. The maximum absolute atomic E-state index is 13.3. The molecule has 1 unspecified atom stereocenters. The molecule has 250 valence electrons. The van der Waals surface area contributed by atoms with Crippen LogP contribution in [0.4, 0.5) is 27.9 Å². The van der Waals surface area contributed by atoms with Gasteiger partial charge < -0.3 is 26.2 Å². The summed E-state index contributed by atoms with van der Waals surface area (Å²) in [5.74, 6) is 0.513. The number of aliphatic hydroxyl groups is 2. The van der Waals surface area contributed by atoms with E-state index in [1.165, 1.54) is 6.20 Å². The van der Waals surface area contributed by atoms with Gasteiger partial charge in [-0.3, -0.25) is 15.1 Å². The zero-order chi connectivity index (χ0) is 34.5. The van der Waals surface area contributed by atoms with Crippen molar-refractivity contribution in [3.8, 4) is 5.69 Å². The molecule has 0 aliphatic heterocycles. The van der Waals surface area contributed by atoms with Crippen molar-refractivity contribution in [3.05, 3.63) is 109 Å². The van der Waals surface area contributed by atoms with Crippen LogP contribution in [0.1, 0.15) is 42.3 Å². The normalized spacial score (nSPS) is 11.8. The lowest BCUT2D eigenvalue weighted by Gasteiger charge is -2.14. The van der Waals surface area contributed by atoms with E-state index in [1.54, 1.807) is 35.2 Å². The number of amides is 3. The number of carbonyl (C=O) groups is 2. The van der Waals surface area contributed by atoms with Gasteiger partial charge in [0.2, 0.25) is 11.9 Å². The molecule has 13 heteroatoms. The molecule has 0 saturated carbocycles. The fourth-order valence-electron chi connectivity index (χ4n) is 4.66. The Balaban J connectivity index is 1.51. The number of hydrogen-bond acceptors (Lipinski definition) is 9. The van der Waals surface area contributed by atoms with E-state index in [1.807, 2.05) is 43.3 Å². The predicted molar refractivity (Wildman–Crippen MR) is 188 cm³/mol. The Bertz CT molecular complexity index is 1780. The fraction of sp³-hybridized carbons (Fsp3) is 0.257. The van der Waals surface area contributed by atoms with Crippen LogP contribution in [0.25, 0.3) is 5.69 Å². The molecule has 0 aliphatic rings. The summed E-state index contributed by atoms with van der Waals surface area (Å²) in [5, 5.41) is 34.9. The van der Waals surface area contributed by atoms with Gasteiger partial charge in [0.05, 0.1) is 41.9 Å². The summed E-state index contributed by atoms with van der Waals surface area (Å²) < 4.78 is 1.64. The lowest BCUT2D eigenvalue weighted by Crippen LogP contribution is -2.34. The van der Waals surface area contributed by atoms with Crippen LogP contribution in [0.3, 0.4) is 0 Å². The number of anilines is 4. The molecule has 4 rings (SSSR count). The van der Waals surface area contributed by atoms with Gasteiger partial charge in [0.1, 0.15) is 5.82 Å². The van der Waals surface area contributed by atoms with Crippen molar-refractivity contribution in [1.82, 2.24) is 25.1 Å². The Morgan fingerprint density at radius 1 is 1.10 bits per heavy atom. The molecule has 2 heterocycles. The van der Waals surface area contributed by atoms with E-state index in [2.05, 4.69) is 56.3 Å². The Kier molecular flexibility index (Phi) is 12.7. The average molecular weight is 652 g/mol. The van der Waals surface area contributed by atoms with Gasteiger partial charge in [0.15, 0.2) is 0 Å². The second-order valence-electron chi connectivity index (χ2n) is 10.9. The van der Waals surface area contributed by atoms with Crippen molar-refractivity contribution < 1.29 is 19.8 Å². The predicted octanol–water partition coefficient (Wildman–Crippen LogP) is 4.83. The highest BCUT2D eigenvalue weighted by Crippen LogP contribution is 2.24. The van der Waals surface area contributed by atoms with E-state index in [0.29, 0.717) is 45.8 Å². The highest BCUT2D eigenvalue weighted by atomic mass is 16.3. The van der Waals surface area contributed by atoms with Gasteiger partial charge in [-0.1, -0.05) is 44.7 Å². The molecule has 2 aromatic carbocycles. The molecule has 48 heavy (non-hydrogen) atoms. The first-order chi connectivity index (χ1) is 23.2. The number of rotatable bonds is 16. The van der Waals surface area contributed by atoms with Crippen molar-refractivity contribution in [1.29, 1.82) is 0 Å². The van der Waals surface area contributed by atoms with Gasteiger partial charge in [-0.05, 0) is 67.3 Å². The standard InChI is InChI=1S/C35H41N9O4/c1-5-8-11-26-20-32(44(43-26)27-12-9-10-24(17-27)18-33(47)38-21-28(46)22-45)42-35(48)39-25-14-13-23(4)31(19-25)41-34-37-16-15-30(40-34)29(6-2)36-7-3/h6-7,9-10,12-17,19-20,28,45-46H,2-3,5,8,11,18,21-22H2,1,4H3,(H,38,47)(H,37,40,41)(H2,39,42,48). The van der Waals surface area contributed by atoms with Crippen molar-refractivity contribution in [2.24, 2.45) is 4.99 Å². The number of benzene rings is 2. The Labute approximate surface area is 279 Å². The number of allylic oxidation sites excluding steroid dienone is 1. The summed E-state index contributed by atoms with van der Waals surface area (Å²) in [6.07, 6.45) is 6.33. The zero-order valence-corrected chi connectivity index (χ0v) is 27.1. The summed E-state index contributed by atoms with van der Waals surface area (Å²) >= 11 is 0. The van der Waals surface area contributed by atoms with Gasteiger partial charge in [-0.15, -0.1) is 0 Å². The number of aryl methyl sites for hydroxylation is 2. The fourth-order valence-corrected chi connectivity index (χ4v) is 4.66. The third kappa shape index (κ3) is 9.92. The number of carbonyl (C=O) groups excluding carboxylic acids is 2. The van der Waals surface area contributed by atoms with E-state index in [4.69, 9.17) is 10.2 Å². The monoisotopic (exact) mass is 651 g/mol. The van der Waals surface area contributed by atoms with Gasteiger partial charge in [-0.25, -0.2) is 19.4 Å². The number of nitrogens with one attached hydrogen (secondary N) is 4. The van der Waals surface area contributed by atoms with E-state index in [-0.39, 0.29) is 18.9 Å². The molecular weight excluding hydrogens is 610 g/mol. The molecule has 2 aromatic heterocycles. The number of aromatic nitrogens is 4. The number of unbranched alkanes of at least 4 members (excludes halogenated alkanes) is 1. The van der Waals surface area contributed by atoms with Gasteiger partial charge in [0.25, 0.3) is 0 Å². The summed E-state index contributed by atoms with van der Waals surface area (Å²) in [7, 11) is 0. The van der Waals surface area contributed by atoms with Crippen LogP contribution in [0.15, 0.2) is 91.2 Å². The van der Waals surface area contributed by atoms with Gasteiger partial charge in [-0.2, -0.15) is 5.10 Å². The number of nitrogens with zero attached hydrogens (tertiary/aromatic N) is 5. The number of urea groups is 1. The third-order valence-electron chi connectivity index (χ3n) is 7.14. The van der Waals surface area contributed by atoms with E-state index >= 15 is 0 Å². The minimum absolute atomic E-state index is 0.0420. The quantitative estimate of drug-likeness (QED) is 0.0933. The van der Waals surface area contributed by atoms with Crippen molar-refractivity contribution >= 4 is 40.8 Å². The minimum Gasteiger partial charge on any atom is -0.394 e. The molecule has 0 radical (unpaired) electrons. The summed E-state index contributed by atoms with van der Waals surface area (Å²) in [6.45, 7) is 11.0. The summed E-state index contributed by atoms with van der Waals surface area (Å²) in [4.78, 5) is 38.7. The molecule has 6 N–H and O–H groups in total. The molecule has 0 fully saturated rings. The van der Waals surface area contributed by atoms with Crippen LogP contribution >= 0.6 is 0 Å². The number of hydrogen-bond donors (Lipinski definition) is 6. The maximum atomic E-state index is 13.3. The molecule has 1 atom stereocenters. The largest absolute Gasteiger partial charge is 0.394 e. The first-order valence-electron chi connectivity index (χ1n) is 15.6. The second-order valence-corrected chi connectivity index (χ2v) is 10.9. The molecule has 0 aliphatic carbocycles. The van der Waals surface area contributed by atoms with Crippen LogP contribution in [0.2, 0.25) is 0 Å². The van der Waals surface area contributed by atoms with Crippen LogP contribution in [0, 0.1) is 6.92 Å². The topological polar surface area (TPSA) is 179 Å². The third-order valence-corrected chi connectivity index (χ3v) is 7.14. The van der Waals surface area contributed by atoms with Crippen molar-refractivity contribution in [3.63, 3.8) is 0 Å². The second kappa shape index (κ2) is 17.3. The lowest BCUT2D eigenvalue weighted by molar-refractivity contribution is -0.121. The number of aliphatic hydroxyl groups excluding tert-OH is 2. The molecule has 4 aromatic rings. The van der Waals surface area contributed by atoms with Crippen LogP contribution in [0.5, 0.6) is 0 Å². The Hall–Kier alpha value is -5.66. The van der Waals surface area contributed by atoms with Crippen LogP contribution in [-0.2, 0) is 17.6 Å². The van der Waals surface area contributed by atoms with E-state index in [9.17, 15) is 14.7 Å².